The number of carbonyl (C=O) groups is 3. The predicted octanol–water partition coefficient (Wildman–Crippen LogP) is -0.0746. The number of primary amides is 1. The molecule has 122 valence electrons. The van der Waals surface area contributed by atoms with Crippen LogP contribution >= 0.6 is 0 Å². The van der Waals surface area contributed by atoms with Crippen LogP contribution in [0.5, 0.6) is 0 Å². The van der Waals surface area contributed by atoms with Crippen molar-refractivity contribution < 1.29 is 19.5 Å². The maximum absolute atomic E-state index is 12.1. The third-order valence-corrected chi connectivity index (χ3v) is 3.00. The van der Waals surface area contributed by atoms with Gasteiger partial charge in [-0.1, -0.05) is 0 Å². The fourth-order valence-corrected chi connectivity index (χ4v) is 1.86. The molecule has 2 aromatic heterocycles. The number of aromatic nitrogens is 4. The molecule has 0 aliphatic carbocycles. The van der Waals surface area contributed by atoms with Crippen molar-refractivity contribution in [1.29, 1.82) is 0 Å². The molecule has 23 heavy (non-hydrogen) atoms. The molecular weight excluding hydrogens is 304 g/mol. The van der Waals surface area contributed by atoms with Crippen molar-refractivity contribution in [1.82, 2.24) is 19.6 Å². The normalized spacial score (nSPS) is 10.5. The third-order valence-electron chi connectivity index (χ3n) is 3.00. The van der Waals surface area contributed by atoms with Gasteiger partial charge in [0.25, 0.3) is 11.8 Å². The number of hydrogen-bond acceptors (Lipinski definition) is 5. The van der Waals surface area contributed by atoms with Crippen LogP contribution in [-0.4, -0.2) is 42.5 Å². The molecule has 0 aliphatic heterocycles. The minimum Gasteiger partial charge on any atom is -0.481 e. The van der Waals surface area contributed by atoms with Crippen LogP contribution in [0.25, 0.3) is 0 Å². The van der Waals surface area contributed by atoms with Crippen molar-refractivity contribution in [3.05, 3.63) is 29.8 Å². The quantitative estimate of drug-likeness (QED) is 0.651. The highest BCUT2D eigenvalue weighted by Crippen LogP contribution is 2.14. The van der Waals surface area contributed by atoms with Crippen LogP contribution in [-0.2, 0) is 17.9 Å². The molecule has 0 aromatic carbocycles. The van der Waals surface area contributed by atoms with E-state index in [-0.39, 0.29) is 30.0 Å². The molecule has 10 heteroatoms. The summed E-state index contributed by atoms with van der Waals surface area (Å²) < 4.78 is 2.83. The van der Waals surface area contributed by atoms with E-state index in [1.54, 1.807) is 0 Å². The number of anilines is 1. The number of aryl methyl sites for hydroxylation is 2. The third kappa shape index (κ3) is 3.93. The number of nitrogens with one attached hydrogen (secondary N) is 1. The fraction of sp³-hybridized carbons (Fsp3) is 0.308. The zero-order valence-corrected chi connectivity index (χ0v) is 12.4. The lowest BCUT2D eigenvalue weighted by molar-refractivity contribution is -0.137. The molecular formula is C13H16N6O4. The summed E-state index contributed by atoms with van der Waals surface area (Å²) in [6, 6.07) is 1.45. The van der Waals surface area contributed by atoms with Crippen molar-refractivity contribution in [2.24, 2.45) is 5.73 Å². The Morgan fingerprint density at radius 3 is 2.65 bits per heavy atom. The van der Waals surface area contributed by atoms with E-state index < -0.39 is 17.8 Å². The van der Waals surface area contributed by atoms with Gasteiger partial charge in [0.15, 0.2) is 11.4 Å². The van der Waals surface area contributed by atoms with Crippen LogP contribution in [0.2, 0.25) is 0 Å². The van der Waals surface area contributed by atoms with Gasteiger partial charge in [-0.25, -0.2) is 0 Å². The number of nitrogens with two attached hydrogens (primary N) is 1. The number of carboxylic acid groups (broad SMARTS) is 1. The van der Waals surface area contributed by atoms with Crippen LogP contribution in [0.3, 0.4) is 0 Å². The summed E-state index contributed by atoms with van der Waals surface area (Å²) in [4.78, 5) is 34.0. The first-order chi connectivity index (χ1) is 10.9. The minimum atomic E-state index is -0.954. The van der Waals surface area contributed by atoms with Crippen LogP contribution in [0.1, 0.15) is 34.3 Å². The number of amides is 2. The van der Waals surface area contributed by atoms with E-state index in [1.165, 1.54) is 27.8 Å². The maximum Gasteiger partial charge on any atom is 0.305 e. The molecule has 0 bridgehead atoms. The number of hydrogen-bond donors (Lipinski definition) is 3. The van der Waals surface area contributed by atoms with Gasteiger partial charge in [-0.15, -0.1) is 0 Å². The summed E-state index contributed by atoms with van der Waals surface area (Å²) in [5.74, 6) is -2.25. The van der Waals surface area contributed by atoms with Gasteiger partial charge < -0.3 is 16.2 Å². The van der Waals surface area contributed by atoms with Gasteiger partial charge in [0, 0.05) is 18.9 Å². The van der Waals surface area contributed by atoms with E-state index in [1.807, 2.05) is 6.92 Å². The molecule has 0 radical (unpaired) electrons. The van der Waals surface area contributed by atoms with Crippen LogP contribution < -0.4 is 11.1 Å². The van der Waals surface area contributed by atoms with Gasteiger partial charge in [-0.2, -0.15) is 10.2 Å². The Kier molecular flexibility index (Phi) is 4.74. The highest BCUT2D eigenvalue weighted by molar-refractivity contribution is 6.06. The minimum absolute atomic E-state index is 0.0366. The summed E-state index contributed by atoms with van der Waals surface area (Å²) in [6.07, 6.45) is 2.90. The van der Waals surface area contributed by atoms with Gasteiger partial charge in [-0.3, -0.25) is 23.7 Å². The number of carbonyl (C=O) groups excluding carboxylic acids is 2. The average molecular weight is 320 g/mol. The Bertz CT molecular complexity index is 747. The smallest absolute Gasteiger partial charge is 0.305 e. The van der Waals surface area contributed by atoms with E-state index in [0.29, 0.717) is 6.54 Å². The van der Waals surface area contributed by atoms with E-state index in [0.717, 1.165) is 0 Å². The Balaban J connectivity index is 2.11. The van der Waals surface area contributed by atoms with Crippen molar-refractivity contribution in [3.8, 4) is 0 Å². The van der Waals surface area contributed by atoms with Gasteiger partial charge in [0.05, 0.1) is 18.7 Å². The standard InChI is InChI=1S/C13H16N6O4/c1-2-18-7-9(11(17-18)12(14)22)15-13(23)8-3-5-19(16-8)6-4-10(20)21/h3,5,7H,2,4,6H2,1H3,(H2,14,22)(H,15,23)(H,20,21). The molecule has 0 fully saturated rings. The molecule has 10 nitrogen and oxygen atoms in total. The highest BCUT2D eigenvalue weighted by Gasteiger charge is 2.18. The number of aliphatic carboxylic acids is 1. The Morgan fingerprint density at radius 2 is 2.04 bits per heavy atom. The number of carboxylic acids is 1. The monoisotopic (exact) mass is 320 g/mol. The van der Waals surface area contributed by atoms with Crippen molar-refractivity contribution in [3.63, 3.8) is 0 Å². The van der Waals surface area contributed by atoms with Gasteiger partial charge >= 0.3 is 5.97 Å². The molecule has 0 unspecified atom stereocenters. The van der Waals surface area contributed by atoms with Crippen molar-refractivity contribution >= 4 is 23.5 Å². The van der Waals surface area contributed by atoms with E-state index in [2.05, 4.69) is 15.5 Å². The van der Waals surface area contributed by atoms with Gasteiger partial charge in [0.2, 0.25) is 0 Å². The van der Waals surface area contributed by atoms with E-state index in [4.69, 9.17) is 10.8 Å². The van der Waals surface area contributed by atoms with E-state index >= 15 is 0 Å². The summed E-state index contributed by atoms with van der Waals surface area (Å²) in [6.45, 7) is 2.50. The molecule has 0 saturated heterocycles. The second-order valence-electron chi connectivity index (χ2n) is 4.67. The lowest BCUT2D eigenvalue weighted by atomic mass is 10.3. The SMILES string of the molecule is CCn1cc(NC(=O)c2ccn(CCC(=O)O)n2)c(C(N)=O)n1. The number of nitrogens with zero attached hydrogens (tertiary/aromatic N) is 4. The fourth-order valence-electron chi connectivity index (χ4n) is 1.86. The second kappa shape index (κ2) is 6.73. The summed E-state index contributed by atoms with van der Waals surface area (Å²) in [5, 5.41) is 19.1. The molecule has 2 amide bonds. The maximum atomic E-state index is 12.1. The van der Waals surface area contributed by atoms with Crippen molar-refractivity contribution in [2.75, 3.05) is 5.32 Å². The highest BCUT2D eigenvalue weighted by atomic mass is 16.4. The summed E-state index contributed by atoms with van der Waals surface area (Å²) >= 11 is 0. The Hall–Kier alpha value is -3.17. The first kappa shape index (κ1) is 16.2. The van der Waals surface area contributed by atoms with Crippen LogP contribution in [0, 0.1) is 0 Å². The zero-order valence-electron chi connectivity index (χ0n) is 12.4. The van der Waals surface area contributed by atoms with Crippen LogP contribution in [0.4, 0.5) is 5.69 Å². The largest absolute Gasteiger partial charge is 0.481 e. The Labute approximate surface area is 130 Å². The molecule has 4 N–H and O–H groups in total. The van der Waals surface area contributed by atoms with Crippen LogP contribution in [0.15, 0.2) is 18.5 Å². The average Bonchev–Trinajstić information content (AvgIpc) is 3.11. The first-order valence-corrected chi connectivity index (χ1v) is 6.84. The van der Waals surface area contributed by atoms with Crippen molar-refractivity contribution in [2.45, 2.75) is 26.4 Å². The van der Waals surface area contributed by atoms with Gasteiger partial charge in [0.1, 0.15) is 0 Å². The summed E-state index contributed by atoms with van der Waals surface area (Å²) in [7, 11) is 0. The zero-order chi connectivity index (χ0) is 17.0. The second-order valence-corrected chi connectivity index (χ2v) is 4.67. The number of rotatable bonds is 7. The van der Waals surface area contributed by atoms with Gasteiger partial charge in [-0.05, 0) is 13.0 Å². The summed E-state index contributed by atoms with van der Waals surface area (Å²) in [5.41, 5.74) is 5.48. The lowest BCUT2D eigenvalue weighted by Crippen LogP contribution is -2.18. The molecule has 2 aromatic rings. The molecule has 2 rings (SSSR count). The first-order valence-electron chi connectivity index (χ1n) is 6.84. The molecule has 2 heterocycles. The van der Waals surface area contributed by atoms with E-state index in [9.17, 15) is 14.4 Å². The predicted molar refractivity (Wildman–Crippen MR) is 78.9 cm³/mol. The molecule has 0 saturated carbocycles. The lowest BCUT2D eigenvalue weighted by Gasteiger charge is -2.01. The Morgan fingerprint density at radius 1 is 1.30 bits per heavy atom. The molecule has 0 aliphatic rings. The molecule has 0 spiro atoms. The molecule has 0 atom stereocenters. The topological polar surface area (TPSA) is 145 Å².